The van der Waals surface area contributed by atoms with Gasteiger partial charge in [0.25, 0.3) is 0 Å². The zero-order chi connectivity index (χ0) is 36.0. The van der Waals surface area contributed by atoms with Crippen LogP contribution in [0.4, 0.5) is 0 Å². The van der Waals surface area contributed by atoms with E-state index in [4.69, 9.17) is 0 Å². The molecule has 0 bridgehead atoms. The second kappa shape index (κ2) is 17.8. The normalized spacial score (nSPS) is 18.3. The maximum absolute atomic E-state index is 3.93. The van der Waals surface area contributed by atoms with E-state index in [9.17, 15) is 0 Å². The highest BCUT2D eigenvalue weighted by Gasteiger charge is 2.37. The van der Waals surface area contributed by atoms with Crippen molar-refractivity contribution in [2.24, 2.45) is 0 Å². The molecule has 0 fully saturated rings. The number of fused-ring (bicyclic) bond motifs is 2. The van der Waals surface area contributed by atoms with Crippen LogP contribution in [0.2, 0.25) is 0 Å². The summed E-state index contributed by atoms with van der Waals surface area (Å²) in [4.78, 5) is 0. The minimum atomic E-state index is -0.265. The van der Waals surface area contributed by atoms with Gasteiger partial charge < -0.3 is 4.57 Å². The third kappa shape index (κ3) is 8.01. The van der Waals surface area contributed by atoms with E-state index in [1.807, 2.05) is 25.2 Å². The maximum atomic E-state index is 3.93. The van der Waals surface area contributed by atoms with Crippen LogP contribution in [0.1, 0.15) is 67.5 Å². The summed E-state index contributed by atoms with van der Waals surface area (Å²) in [6.45, 7) is 8.20. The summed E-state index contributed by atoms with van der Waals surface area (Å²) in [6, 6.07) is 39.4. The quantitative estimate of drug-likeness (QED) is 0.0916. The molecule has 6 rings (SSSR count). The zero-order valence-corrected chi connectivity index (χ0v) is 30.5. The molecule has 0 saturated heterocycles. The van der Waals surface area contributed by atoms with Gasteiger partial charge in [-0.15, -0.1) is 0 Å². The Labute approximate surface area is 311 Å². The van der Waals surface area contributed by atoms with Gasteiger partial charge in [-0.2, -0.15) is 0 Å². The van der Waals surface area contributed by atoms with E-state index in [-0.39, 0.29) is 5.41 Å². The van der Waals surface area contributed by atoms with E-state index in [0.717, 1.165) is 37.1 Å². The van der Waals surface area contributed by atoms with Gasteiger partial charge in [0.15, 0.2) is 0 Å². The Hall–Kier alpha value is -5.92. The molecule has 0 aliphatic heterocycles. The Kier molecular flexibility index (Phi) is 12.3. The van der Waals surface area contributed by atoms with Gasteiger partial charge in [-0.05, 0) is 86.1 Å². The molecule has 0 saturated carbocycles. The Bertz CT molecular complexity index is 2210. The predicted molar refractivity (Wildman–Crippen MR) is 228 cm³/mol. The zero-order valence-electron chi connectivity index (χ0n) is 30.5. The summed E-state index contributed by atoms with van der Waals surface area (Å²) in [5.74, 6) is 0. The highest BCUT2D eigenvalue weighted by atomic mass is 15.0. The molecule has 4 aromatic carbocycles. The van der Waals surface area contributed by atoms with E-state index in [1.54, 1.807) is 0 Å². The van der Waals surface area contributed by atoms with Crippen LogP contribution in [-0.2, 0) is 5.41 Å². The first-order valence-corrected chi connectivity index (χ1v) is 18.5. The van der Waals surface area contributed by atoms with Crippen molar-refractivity contribution in [1.82, 2.24) is 4.57 Å². The van der Waals surface area contributed by atoms with Crippen molar-refractivity contribution in [1.29, 1.82) is 0 Å². The first-order valence-electron chi connectivity index (χ1n) is 18.5. The number of allylic oxidation sites excluding steroid dienone is 14. The van der Waals surface area contributed by atoms with Crippen molar-refractivity contribution < 1.29 is 0 Å². The van der Waals surface area contributed by atoms with Crippen molar-refractivity contribution in [3.8, 4) is 5.69 Å². The van der Waals surface area contributed by atoms with Crippen molar-refractivity contribution >= 4 is 34.7 Å². The lowest BCUT2D eigenvalue weighted by Gasteiger charge is -2.39. The van der Waals surface area contributed by atoms with Gasteiger partial charge >= 0.3 is 0 Å². The fraction of sp³-hybridized carbons (Fsp3) is 0.137. The fourth-order valence-electron chi connectivity index (χ4n) is 7.61. The average molecular weight is 676 g/mol. The van der Waals surface area contributed by atoms with Gasteiger partial charge in [0.05, 0.1) is 11.2 Å². The average Bonchev–Trinajstić information content (AvgIpc) is 3.50. The molecule has 1 nitrogen and oxygen atoms in total. The van der Waals surface area contributed by atoms with Crippen LogP contribution in [0.25, 0.3) is 40.4 Å². The monoisotopic (exact) mass is 675 g/mol. The van der Waals surface area contributed by atoms with Crippen molar-refractivity contribution in [2.45, 2.75) is 44.9 Å². The van der Waals surface area contributed by atoms with E-state index in [1.165, 1.54) is 44.3 Å². The number of hydrogen-bond donors (Lipinski definition) is 0. The molecule has 1 aromatic heterocycles. The van der Waals surface area contributed by atoms with E-state index >= 15 is 0 Å². The van der Waals surface area contributed by atoms with Gasteiger partial charge in [0.1, 0.15) is 0 Å². The topological polar surface area (TPSA) is 4.93 Å². The second-order valence-electron chi connectivity index (χ2n) is 13.1. The molecular weight excluding hydrogens is 627 g/mol. The van der Waals surface area contributed by atoms with Gasteiger partial charge in [0.2, 0.25) is 0 Å². The Morgan fingerprint density at radius 2 is 1.48 bits per heavy atom. The van der Waals surface area contributed by atoms with Gasteiger partial charge in [-0.25, -0.2) is 0 Å². The minimum absolute atomic E-state index is 0.265. The number of benzene rings is 4. The molecule has 258 valence electrons. The third-order valence-corrected chi connectivity index (χ3v) is 10.00. The van der Waals surface area contributed by atoms with Crippen molar-refractivity contribution in [3.05, 3.63) is 222 Å². The highest BCUT2D eigenvalue weighted by molar-refractivity contribution is 5.95. The Morgan fingerprint density at radius 1 is 0.750 bits per heavy atom. The lowest BCUT2D eigenvalue weighted by molar-refractivity contribution is 0.500. The van der Waals surface area contributed by atoms with E-state index in [0.29, 0.717) is 0 Å². The highest BCUT2D eigenvalue weighted by Crippen LogP contribution is 2.48. The minimum Gasteiger partial charge on any atom is -0.309 e. The molecule has 52 heavy (non-hydrogen) atoms. The molecule has 0 radical (unpaired) electrons. The largest absolute Gasteiger partial charge is 0.309 e. The van der Waals surface area contributed by atoms with Crippen LogP contribution in [0.3, 0.4) is 0 Å². The van der Waals surface area contributed by atoms with E-state index < -0.39 is 0 Å². The lowest BCUT2D eigenvalue weighted by Crippen LogP contribution is -2.30. The van der Waals surface area contributed by atoms with Gasteiger partial charge in [-0.1, -0.05) is 188 Å². The van der Waals surface area contributed by atoms with Crippen molar-refractivity contribution in [3.63, 3.8) is 0 Å². The maximum Gasteiger partial charge on any atom is 0.0541 e. The summed E-state index contributed by atoms with van der Waals surface area (Å²) < 4.78 is 2.39. The number of nitrogens with zero attached hydrogens (tertiary/aromatic N) is 1. The smallest absolute Gasteiger partial charge is 0.0541 e. The Balaban J connectivity index is 1.55. The molecule has 0 spiro atoms. The first kappa shape index (κ1) is 35.9. The molecule has 1 atom stereocenters. The molecular formula is C51H49N. The van der Waals surface area contributed by atoms with Crippen LogP contribution < -0.4 is 0 Å². The standard InChI is InChI=1S/C51H49N/c1-4-7-9-10-18-37-49-47(46-34-22-24-38-50(46)52(49)45-32-16-12-17-33-45)35-25-39-51(40-43(30-13-8-5-2)41-26-14-11-15-27-41)44(6-3)31-21-19-28-42-29-20-23-36-48(42)51/h4-20,22-30,32-38H,2,21,31,39-40H2,1,3H3/b7-4+,10-9+,13-8-,28-19-,35-25-,37-18-,43-30+,44-6-. The number of rotatable bonds is 12. The summed E-state index contributed by atoms with van der Waals surface area (Å²) in [6.07, 6.45) is 36.6. The molecule has 1 aliphatic rings. The molecule has 1 unspecified atom stereocenters. The lowest BCUT2D eigenvalue weighted by atomic mass is 9.64. The van der Waals surface area contributed by atoms with Crippen LogP contribution in [0.15, 0.2) is 194 Å². The van der Waals surface area contributed by atoms with Crippen LogP contribution in [-0.4, -0.2) is 4.57 Å². The Morgan fingerprint density at radius 3 is 2.27 bits per heavy atom. The SMILES string of the molecule is C=C/C=C\C=C(/CC1(C/C=C\c2c(\C=C/C=C/C=C/C)n(-c3ccccc3)c3ccccc23)/C(=C\C)CC/C=C\c2ccccc21)c1ccccc1. The second-order valence-corrected chi connectivity index (χ2v) is 13.1. The molecule has 1 aliphatic carbocycles. The molecule has 0 N–H and O–H groups in total. The van der Waals surface area contributed by atoms with E-state index in [2.05, 4.69) is 200 Å². The summed E-state index contributed by atoms with van der Waals surface area (Å²) in [5, 5.41) is 1.24. The number of hydrogen-bond acceptors (Lipinski definition) is 0. The summed E-state index contributed by atoms with van der Waals surface area (Å²) in [7, 11) is 0. The summed E-state index contributed by atoms with van der Waals surface area (Å²) >= 11 is 0. The van der Waals surface area contributed by atoms with Gasteiger partial charge in [-0.3, -0.25) is 0 Å². The van der Waals surface area contributed by atoms with Crippen molar-refractivity contribution in [2.75, 3.05) is 0 Å². The predicted octanol–water partition coefficient (Wildman–Crippen LogP) is 14.1. The first-order chi connectivity index (χ1) is 25.7. The van der Waals surface area contributed by atoms with Crippen LogP contribution in [0, 0.1) is 0 Å². The molecule has 1 heteroatoms. The number of para-hydroxylation sites is 2. The van der Waals surface area contributed by atoms with Crippen LogP contribution in [0.5, 0.6) is 0 Å². The number of aromatic nitrogens is 1. The van der Waals surface area contributed by atoms with Gasteiger partial charge in [0, 0.05) is 22.1 Å². The van der Waals surface area contributed by atoms with Crippen LogP contribution >= 0.6 is 0 Å². The molecule has 1 heterocycles. The fourth-order valence-corrected chi connectivity index (χ4v) is 7.61. The summed E-state index contributed by atoms with van der Waals surface area (Å²) in [5.41, 5.74) is 11.2. The molecule has 5 aromatic rings. The molecule has 0 amide bonds. The third-order valence-electron chi connectivity index (χ3n) is 10.00.